The highest BCUT2D eigenvalue weighted by Crippen LogP contribution is 2.43. The minimum absolute atomic E-state index is 0.889. The number of hydrogen-bond donors (Lipinski definition) is 0. The normalized spacial score (nSPS) is 11.6. The minimum Gasteiger partial charge on any atom is -0.456 e. The highest BCUT2D eigenvalue weighted by atomic mass is 16.3. The van der Waals surface area contributed by atoms with Crippen molar-refractivity contribution in [2.75, 3.05) is 4.90 Å². The largest absolute Gasteiger partial charge is 0.456 e. The first-order valence-corrected chi connectivity index (χ1v) is 20.8. The zero-order chi connectivity index (χ0) is 40.3. The number of aromatic nitrogens is 1. The Morgan fingerprint density at radius 2 is 0.885 bits per heavy atom. The van der Waals surface area contributed by atoms with Crippen LogP contribution in [0.1, 0.15) is 0 Å². The average molecular weight is 779 g/mol. The highest BCUT2D eigenvalue weighted by Gasteiger charge is 2.20. The number of fused-ring (bicyclic) bond motifs is 7. The number of nitrogens with zero attached hydrogens (tertiary/aromatic N) is 2. The molecule has 0 aliphatic rings. The van der Waals surface area contributed by atoms with Gasteiger partial charge in [0.2, 0.25) is 0 Å². The standard InChI is InChI=1S/C58H38N2O/c1-2-13-41-37-44(25-24-39(41)12-1)43-15-11-14-42(36-43)40-26-29-46(30-27-40)59(47-31-33-48(34-32-47)60-55-21-8-4-17-50(55)51-18-5-9-22-56(51)60)54-20-7-3-16-49(54)45-28-35-58-53(38-45)52-19-6-10-23-57(52)61-58/h1-38H. The average Bonchev–Trinajstić information content (AvgIpc) is 3.88. The third-order valence-corrected chi connectivity index (χ3v) is 12.2. The van der Waals surface area contributed by atoms with Crippen molar-refractivity contribution < 1.29 is 4.42 Å². The fourth-order valence-electron chi connectivity index (χ4n) is 9.24. The van der Waals surface area contributed by atoms with Gasteiger partial charge in [0, 0.05) is 44.2 Å². The molecule has 0 unspecified atom stereocenters. The van der Waals surface area contributed by atoms with Crippen molar-refractivity contribution in [2.24, 2.45) is 0 Å². The molecular weight excluding hydrogens is 741 g/mol. The second-order valence-electron chi connectivity index (χ2n) is 15.7. The van der Waals surface area contributed by atoms with Crippen molar-refractivity contribution in [3.8, 4) is 39.1 Å². The van der Waals surface area contributed by atoms with Gasteiger partial charge in [-0.25, -0.2) is 0 Å². The van der Waals surface area contributed by atoms with Gasteiger partial charge in [0.15, 0.2) is 0 Å². The van der Waals surface area contributed by atoms with Crippen molar-refractivity contribution in [1.82, 2.24) is 4.57 Å². The summed E-state index contributed by atoms with van der Waals surface area (Å²) in [5.74, 6) is 0. The molecule has 0 atom stereocenters. The Morgan fingerprint density at radius 3 is 1.66 bits per heavy atom. The van der Waals surface area contributed by atoms with Crippen molar-refractivity contribution in [1.29, 1.82) is 0 Å². The minimum atomic E-state index is 0.889. The van der Waals surface area contributed by atoms with E-state index >= 15 is 0 Å². The van der Waals surface area contributed by atoms with E-state index < -0.39 is 0 Å². The molecule has 0 aliphatic carbocycles. The maximum Gasteiger partial charge on any atom is 0.135 e. The van der Waals surface area contributed by atoms with Gasteiger partial charge in [0.05, 0.1) is 16.7 Å². The number of rotatable bonds is 7. The van der Waals surface area contributed by atoms with Gasteiger partial charge in [-0.1, -0.05) is 146 Å². The molecule has 2 heterocycles. The molecule has 0 saturated carbocycles. The van der Waals surface area contributed by atoms with E-state index in [0.717, 1.165) is 55.8 Å². The van der Waals surface area contributed by atoms with Gasteiger partial charge in [-0.15, -0.1) is 0 Å². The molecule has 12 rings (SSSR count). The third kappa shape index (κ3) is 5.98. The molecule has 3 heteroatoms. The molecule has 0 radical (unpaired) electrons. The number of para-hydroxylation sites is 4. The summed E-state index contributed by atoms with van der Waals surface area (Å²) in [6, 6.07) is 83.1. The molecule has 3 nitrogen and oxygen atoms in total. The smallest absolute Gasteiger partial charge is 0.135 e. The summed E-state index contributed by atoms with van der Waals surface area (Å²) in [6.45, 7) is 0. The van der Waals surface area contributed by atoms with E-state index in [4.69, 9.17) is 4.42 Å². The fraction of sp³-hybridized carbons (Fsp3) is 0. The van der Waals surface area contributed by atoms with Crippen LogP contribution in [0.2, 0.25) is 0 Å². The molecule has 0 fully saturated rings. The lowest BCUT2D eigenvalue weighted by atomic mass is 9.97. The van der Waals surface area contributed by atoms with Crippen LogP contribution < -0.4 is 4.90 Å². The maximum atomic E-state index is 6.24. The van der Waals surface area contributed by atoms with Gasteiger partial charge >= 0.3 is 0 Å². The Hall–Kier alpha value is -8.14. The van der Waals surface area contributed by atoms with Crippen LogP contribution in [-0.4, -0.2) is 4.57 Å². The number of furan rings is 1. The predicted octanol–water partition coefficient (Wildman–Crippen LogP) is 16.3. The first-order valence-electron chi connectivity index (χ1n) is 20.8. The quantitative estimate of drug-likeness (QED) is 0.161. The summed E-state index contributed by atoms with van der Waals surface area (Å²) < 4.78 is 8.61. The fourth-order valence-corrected chi connectivity index (χ4v) is 9.24. The first-order chi connectivity index (χ1) is 30.2. The number of anilines is 3. The summed E-state index contributed by atoms with van der Waals surface area (Å²) in [5, 5.41) is 7.23. The van der Waals surface area contributed by atoms with E-state index in [1.165, 1.54) is 54.8 Å². The monoisotopic (exact) mass is 778 g/mol. The Morgan fingerprint density at radius 1 is 0.328 bits per heavy atom. The Labute approximate surface area is 353 Å². The van der Waals surface area contributed by atoms with Crippen molar-refractivity contribution in [3.05, 3.63) is 231 Å². The highest BCUT2D eigenvalue weighted by molar-refractivity contribution is 6.09. The Kier molecular flexibility index (Phi) is 8.17. The summed E-state index contributed by atoms with van der Waals surface area (Å²) in [6.07, 6.45) is 0. The van der Waals surface area contributed by atoms with Crippen LogP contribution >= 0.6 is 0 Å². The van der Waals surface area contributed by atoms with E-state index in [1.807, 2.05) is 12.1 Å². The lowest BCUT2D eigenvalue weighted by Gasteiger charge is -2.28. The summed E-state index contributed by atoms with van der Waals surface area (Å²) in [5.41, 5.74) is 15.5. The summed E-state index contributed by atoms with van der Waals surface area (Å²) in [7, 11) is 0. The lowest BCUT2D eigenvalue weighted by molar-refractivity contribution is 0.669. The van der Waals surface area contributed by atoms with Crippen LogP contribution in [0, 0.1) is 0 Å². The van der Waals surface area contributed by atoms with Crippen molar-refractivity contribution in [3.63, 3.8) is 0 Å². The van der Waals surface area contributed by atoms with Crippen LogP contribution in [0.15, 0.2) is 235 Å². The zero-order valence-corrected chi connectivity index (χ0v) is 33.2. The molecule has 0 N–H and O–H groups in total. The molecule has 12 aromatic rings. The van der Waals surface area contributed by atoms with Gasteiger partial charge in [0.25, 0.3) is 0 Å². The van der Waals surface area contributed by atoms with E-state index in [1.54, 1.807) is 0 Å². The van der Waals surface area contributed by atoms with Crippen molar-refractivity contribution in [2.45, 2.75) is 0 Å². The van der Waals surface area contributed by atoms with Crippen LogP contribution in [-0.2, 0) is 0 Å². The molecule has 0 saturated heterocycles. The SMILES string of the molecule is c1cc(-c2ccc(N(c3ccc(-n4c5ccccc5c5ccccc54)cc3)c3ccccc3-c3ccc4oc5ccccc5c4c3)cc2)cc(-c2ccc3ccccc3c2)c1. The summed E-state index contributed by atoms with van der Waals surface area (Å²) >= 11 is 0. The molecular formula is C58H38N2O. The first kappa shape index (κ1) is 34.9. The third-order valence-electron chi connectivity index (χ3n) is 12.2. The van der Waals surface area contributed by atoms with Gasteiger partial charge in [-0.2, -0.15) is 0 Å². The van der Waals surface area contributed by atoms with Crippen molar-refractivity contribution >= 4 is 71.6 Å². The zero-order valence-electron chi connectivity index (χ0n) is 33.2. The predicted molar refractivity (Wildman–Crippen MR) is 257 cm³/mol. The van der Waals surface area contributed by atoms with Gasteiger partial charge in [-0.3, -0.25) is 0 Å². The maximum absolute atomic E-state index is 6.24. The van der Waals surface area contributed by atoms with Crippen LogP contribution in [0.5, 0.6) is 0 Å². The molecule has 2 aromatic heterocycles. The van der Waals surface area contributed by atoms with Crippen LogP contribution in [0.4, 0.5) is 17.1 Å². The molecule has 0 bridgehead atoms. The van der Waals surface area contributed by atoms with E-state index in [2.05, 4.69) is 228 Å². The number of benzene rings is 10. The van der Waals surface area contributed by atoms with Crippen LogP contribution in [0.25, 0.3) is 93.6 Å². The molecule has 0 spiro atoms. The molecule has 286 valence electrons. The van der Waals surface area contributed by atoms with E-state index in [9.17, 15) is 0 Å². The lowest BCUT2D eigenvalue weighted by Crippen LogP contribution is -2.11. The van der Waals surface area contributed by atoms with Crippen LogP contribution in [0.3, 0.4) is 0 Å². The molecule has 10 aromatic carbocycles. The van der Waals surface area contributed by atoms with Gasteiger partial charge < -0.3 is 13.9 Å². The van der Waals surface area contributed by atoms with Gasteiger partial charge in [-0.05, 0) is 124 Å². The Balaban J connectivity index is 0.977. The van der Waals surface area contributed by atoms with E-state index in [0.29, 0.717) is 0 Å². The molecule has 0 amide bonds. The topological polar surface area (TPSA) is 21.3 Å². The molecule has 0 aliphatic heterocycles. The second kappa shape index (κ2) is 14.3. The Bertz CT molecular complexity index is 3540. The summed E-state index contributed by atoms with van der Waals surface area (Å²) in [4.78, 5) is 2.39. The second-order valence-corrected chi connectivity index (χ2v) is 15.7. The molecule has 61 heavy (non-hydrogen) atoms. The van der Waals surface area contributed by atoms with Gasteiger partial charge in [0.1, 0.15) is 11.2 Å². The number of hydrogen-bond acceptors (Lipinski definition) is 2. The van der Waals surface area contributed by atoms with E-state index in [-0.39, 0.29) is 0 Å².